The third-order valence-corrected chi connectivity index (χ3v) is 3.84. The van der Waals surface area contributed by atoms with Gasteiger partial charge in [-0.2, -0.15) is 0 Å². The first-order chi connectivity index (χ1) is 11.3. The fourth-order valence-electron chi connectivity index (χ4n) is 2.68. The Morgan fingerprint density at radius 2 is 2.35 bits per heavy atom. The first-order valence-electron chi connectivity index (χ1n) is 7.91. The normalized spacial score (nSPS) is 17.8. The van der Waals surface area contributed by atoms with Gasteiger partial charge in [-0.25, -0.2) is 4.98 Å². The number of imidazole rings is 1. The Labute approximate surface area is 135 Å². The van der Waals surface area contributed by atoms with Crippen molar-refractivity contribution in [3.8, 4) is 0 Å². The van der Waals surface area contributed by atoms with Crippen molar-refractivity contribution in [2.75, 3.05) is 19.8 Å². The molecule has 0 bridgehead atoms. The number of nitrogens with one attached hydrogen (secondary N) is 2. The molecule has 2 heterocycles. The van der Waals surface area contributed by atoms with Crippen LogP contribution < -0.4 is 10.6 Å². The lowest BCUT2D eigenvalue weighted by molar-refractivity contribution is -0.122. The molecule has 2 aromatic rings. The molecular weight excluding hydrogens is 292 g/mol. The molecule has 1 fully saturated rings. The smallest absolute Gasteiger partial charge is 0.221 e. The van der Waals surface area contributed by atoms with E-state index in [2.05, 4.69) is 27.8 Å². The van der Waals surface area contributed by atoms with Crippen molar-refractivity contribution in [2.24, 2.45) is 0 Å². The minimum Gasteiger partial charge on any atom is -0.378 e. The van der Waals surface area contributed by atoms with Gasteiger partial charge in [0.05, 0.1) is 19.5 Å². The van der Waals surface area contributed by atoms with Crippen molar-refractivity contribution >= 4 is 5.91 Å². The Balaban J connectivity index is 1.48. The van der Waals surface area contributed by atoms with E-state index in [9.17, 15) is 4.79 Å². The van der Waals surface area contributed by atoms with Crippen LogP contribution in [0.15, 0.2) is 43.0 Å². The molecule has 1 aromatic carbocycles. The Bertz CT molecular complexity index is 621. The summed E-state index contributed by atoms with van der Waals surface area (Å²) >= 11 is 0. The minimum atomic E-state index is 0.0491. The Morgan fingerprint density at radius 3 is 3.13 bits per heavy atom. The van der Waals surface area contributed by atoms with Gasteiger partial charge in [-0.3, -0.25) is 4.79 Å². The van der Waals surface area contributed by atoms with Gasteiger partial charge in [0.15, 0.2) is 0 Å². The van der Waals surface area contributed by atoms with Crippen LogP contribution in [0, 0.1) is 0 Å². The summed E-state index contributed by atoms with van der Waals surface area (Å²) in [7, 11) is 0. The predicted octanol–water partition coefficient (Wildman–Crippen LogP) is 0.926. The van der Waals surface area contributed by atoms with Crippen molar-refractivity contribution in [2.45, 2.75) is 25.6 Å². The summed E-state index contributed by atoms with van der Waals surface area (Å²) in [6, 6.07) is 8.36. The highest BCUT2D eigenvalue weighted by Crippen LogP contribution is 2.07. The van der Waals surface area contributed by atoms with Gasteiger partial charge in [0.1, 0.15) is 0 Å². The monoisotopic (exact) mass is 314 g/mol. The summed E-state index contributed by atoms with van der Waals surface area (Å²) in [5.74, 6) is 0.0491. The van der Waals surface area contributed by atoms with Crippen molar-refractivity contribution in [3.05, 3.63) is 54.1 Å². The fourth-order valence-corrected chi connectivity index (χ4v) is 2.68. The summed E-state index contributed by atoms with van der Waals surface area (Å²) in [6.45, 7) is 3.47. The molecule has 6 heteroatoms. The third-order valence-electron chi connectivity index (χ3n) is 3.84. The second-order valence-electron chi connectivity index (χ2n) is 5.76. The average Bonchev–Trinajstić information content (AvgIpc) is 3.07. The first kappa shape index (κ1) is 15.7. The second kappa shape index (κ2) is 7.89. The van der Waals surface area contributed by atoms with E-state index in [0.29, 0.717) is 19.6 Å². The van der Waals surface area contributed by atoms with Crippen LogP contribution in [0.4, 0.5) is 0 Å². The number of carbonyl (C=O) groups excluding carboxylic acids is 1. The summed E-state index contributed by atoms with van der Waals surface area (Å²) in [5.41, 5.74) is 2.29. The van der Waals surface area contributed by atoms with Gasteiger partial charge in [-0.1, -0.05) is 24.3 Å². The molecule has 1 aromatic heterocycles. The highest BCUT2D eigenvalue weighted by molar-refractivity contribution is 5.76. The van der Waals surface area contributed by atoms with Gasteiger partial charge in [-0.15, -0.1) is 0 Å². The predicted molar refractivity (Wildman–Crippen MR) is 86.8 cm³/mol. The van der Waals surface area contributed by atoms with Crippen LogP contribution >= 0.6 is 0 Å². The zero-order valence-electron chi connectivity index (χ0n) is 13.1. The molecule has 0 spiro atoms. The van der Waals surface area contributed by atoms with Crippen molar-refractivity contribution in [1.29, 1.82) is 0 Å². The third kappa shape index (κ3) is 4.91. The zero-order chi connectivity index (χ0) is 15.9. The van der Waals surface area contributed by atoms with Crippen LogP contribution in [0.5, 0.6) is 0 Å². The number of benzene rings is 1. The molecule has 0 aliphatic carbocycles. The first-order valence-corrected chi connectivity index (χ1v) is 7.91. The molecule has 1 aliphatic heterocycles. The second-order valence-corrected chi connectivity index (χ2v) is 5.76. The SMILES string of the molecule is O=C(CC1COCCN1)NCc1cccc(Cn2ccnc2)c1. The van der Waals surface area contributed by atoms with E-state index in [1.54, 1.807) is 12.5 Å². The molecule has 1 amide bonds. The van der Waals surface area contributed by atoms with E-state index in [0.717, 1.165) is 25.3 Å². The standard InChI is InChI=1S/C17H22N4O2/c22-17(9-16-12-23-7-5-19-16)20-10-14-2-1-3-15(8-14)11-21-6-4-18-13-21/h1-4,6,8,13,16,19H,5,7,9-12H2,(H,20,22). The highest BCUT2D eigenvalue weighted by atomic mass is 16.5. The van der Waals surface area contributed by atoms with Crippen molar-refractivity contribution < 1.29 is 9.53 Å². The molecule has 122 valence electrons. The lowest BCUT2D eigenvalue weighted by atomic mass is 10.1. The number of ether oxygens (including phenoxy) is 1. The van der Waals surface area contributed by atoms with E-state index in [1.807, 2.05) is 22.9 Å². The van der Waals surface area contributed by atoms with E-state index in [-0.39, 0.29) is 11.9 Å². The van der Waals surface area contributed by atoms with Crippen LogP contribution in [-0.4, -0.2) is 41.3 Å². The molecule has 23 heavy (non-hydrogen) atoms. The van der Waals surface area contributed by atoms with Crippen LogP contribution in [0.2, 0.25) is 0 Å². The van der Waals surface area contributed by atoms with Crippen LogP contribution in [0.3, 0.4) is 0 Å². The van der Waals surface area contributed by atoms with Gasteiger partial charge in [0.25, 0.3) is 0 Å². The molecule has 1 unspecified atom stereocenters. The Morgan fingerprint density at radius 1 is 1.43 bits per heavy atom. The number of rotatable bonds is 6. The molecule has 0 saturated carbocycles. The number of nitrogens with zero attached hydrogens (tertiary/aromatic N) is 2. The summed E-state index contributed by atoms with van der Waals surface area (Å²) in [6.07, 6.45) is 5.96. The maximum absolute atomic E-state index is 12.0. The van der Waals surface area contributed by atoms with E-state index >= 15 is 0 Å². The lowest BCUT2D eigenvalue weighted by Gasteiger charge is -2.23. The van der Waals surface area contributed by atoms with Gasteiger partial charge in [0, 0.05) is 44.5 Å². The molecule has 6 nitrogen and oxygen atoms in total. The maximum Gasteiger partial charge on any atom is 0.221 e. The number of morpholine rings is 1. The number of hydrogen-bond donors (Lipinski definition) is 2. The van der Waals surface area contributed by atoms with Crippen LogP contribution in [-0.2, 0) is 22.6 Å². The van der Waals surface area contributed by atoms with Gasteiger partial charge in [-0.05, 0) is 11.1 Å². The molecular formula is C17H22N4O2. The highest BCUT2D eigenvalue weighted by Gasteiger charge is 2.16. The average molecular weight is 314 g/mol. The van der Waals surface area contributed by atoms with Gasteiger partial charge < -0.3 is 19.9 Å². The quantitative estimate of drug-likeness (QED) is 0.832. The minimum absolute atomic E-state index is 0.0491. The van der Waals surface area contributed by atoms with Crippen molar-refractivity contribution in [3.63, 3.8) is 0 Å². The Kier molecular flexibility index (Phi) is 5.39. The van der Waals surface area contributed by atoms with Gasteiger partial charge >= 0.3 is 0 Å². The number of amides is 1. The van der Waals surface area contributed by atoms with Crippen LogP contribution in [0.25, 0.3) is 0 Å². The molecule has 2 N–H and O–H groups in total. The van der Waals surface area contributed by atoms with Gasteiger partial charge in [0.2, 0.25) is 5.91 Å². The molecule has 1 aliphatic rings. The molecule has 0 radical (unpaired) electrons. The fraction of sp³-hybridized carbons (Fsp3) is 0.412. The molecule has 1 atom stereocenters. The summed E-state index contributed by atoms with van der Waals surface area (Å²) in [4.78, 5) is 16.1. The summed E-state index contributed by atoms with van der Waals surface area (Å²) < 4.78 is 7.38. The topological polar surface area (TPSA) is 68.2 Å². The van der Waals surface area contributed by atoms with Crippen molar-refractivity contribution in [1.82, 2.24) is 20.2 Å². The molecule has 1 saturated heterocycles. The largest absolute Gasteiger partial charge is 0.378 e. The lowest BCUT2D eigenvalue weighted by Crippen LogP contribution is -2.44. The molecule has 3 rings (SSSR count). The number of hydrogen-bond acceptors (Lipinski definition) is 4. The maximum atomic E-state index is 12.0. The van der Waals surface area contributed by atoms with E-state index < -0.39 is 0 Å². The number of aromatic nitrogens is 2. The number of carbonyl (C=O) groups is 1. The zero-order valence-corrected chi connectivity index (χ0v) is 13.1. The van der Waals surface area contributed by atoms with Crippen LogP contribution in [0.1, 0.15) is 17.5 Å². The van der Waals surface area contributed by atoms with E-state index in [1.165, 1.54) is 5.56 Å². The van der Waals surface area contributed by atoms with E-state index in [4.69, 9.17) is 4.74 Å². The Hall–Kier alpha value is -2.18. The summed E-state index contributed by atoms with van der Waals surface area (Å²) in [5, 5.41) is 6.27.